The minimum atomic E-state index is -0.0478. The third-order valence-corrected chi connectivity index (χ3v) is 17.8. The number of halogens is 6. The molecule has 0 aliphatic carbocycles. The van der Waals surface area contributed by atoms with E-state index in [1.807, 2.05) is 102 Å². The quantitative estimate of drug-likeness (QED) is 0.113. The van der Waals surface area contributed by atoms with E-state index in [1.54, 1.807) is 7.11 Å². The van der Waals surface area contributed by atoms with E-state index in [0.717, 1.165) is 102 Å². The van der Waals surface area contributed by atoms with Gasteiger partial charge in [-0.05, 0) is 282 Å². The summed E-state index contributed by atoms with van der Waals surface area (Å²) in [4.78, 5) is 0. The molecule has 0 amide bonds. The molecular weight excluding hydrogens is 1390 g/mol. The van der Waals surface area contributed by atoms with Gasteiger partial charge in [-0.15, -0.1) is 0 Å². The largest absolute Gasteiger partial charge is 0.506 e. The van der Waals surface area contributed by atoms with Crippen molar-refractivity contribution in [3.63, 3.8) is 0 Å². The molecule has 0 saturated carbocycles. The van der Waals surface area contributed by atoms with Gasteiger partial charge in [0.2, 0.25) is 0 Å². The fraction of sp³-hybridized carbons (Fsp3) is 0.382. The van der Waals surface area contributed by atoms with Crippen LogP contribution in [0.1, 0.15) is 154 Å². The van der Waals surface area contributed by atoms with Crippen molar-refractivity contribution in [2.45, 2.75) is 167 Å². The van der Waals surface area contributed by atoms with E-state index in [1.165, 1.54) is 33.4 Å². The van der Waals surface area contributed by atoms with Crippen molar-refractivity contribution in [2.75, 3.05) is 7.11 Å². The molecule has 0 aliphatic rings. The number of methoxy groups -OCH3 is 1. The number of aryl methyl sites for hydroxylation is 9. The Balaban J connectivity index is 0.000000332. The molecule has 0 saturated heterocycles. The average molecular weight is 1480 g/mol. The van der Waals surface area contributed by atoms with Gasteiger partial charge in [-0.25, -0.2) is 0 Å². The predicted molar refractivity (Wildman–Crippen MR) is 362 cm³/mol. The molecular formula is C68H86Br6O6. The molecule has 0 atom stereocenters. The lowest BCUT2D eigenvalue weighted by molar-refractivity contribution is 0.357. The Morgan fingerprint density at radius 3 is 1.18 bits per heavy atom. The number of para-hydroxylation sites is 1. The molecule has 0 heterocycles. The van der Waals surface area contributed by atoms with Crippen molar-refractivity contribution in [3.8, 4) is 45.6 Å². The summed E-state index contributed by atoms with van der Waals surface area (Å²) in [6, 6.07) is 30.0. The van der Waals surface area contributed by atoms with Crippen molar-refractivity contribution in [1.29, 1.82) is 0 Å². The van der Waals surface area contributed by atoms with Crippen LogP contribution in [0.4, 0.5) is 0 Å². The van der Waals surface area contributed by atoms with Crippen molar-refractivity contribution >= 4 is 95.6 Å². The fourth-order valence-electron chi connectivity index (χ4n) is 9.20. The highest BCUT2D eigenvalue weighted by Crippen LogP contribution is 2.44. The van der Waals surface area contributed by atoms with Crippen LogP contribution in [0.2, 0.25) is 0 Å². The first-order chi connectivity index (χ1) is 36.9. The van der Waals surface area contributed by atoms with Crippen LogP contribution in [0.5, 0.6) is 34.5 Å². The number of aromatic hydroxyl groups is 5. The zero-order valence-electron chi connectivity index (χ0n) is 50.7. The summed E-state index contributed by atoms with van der Waals surface area (Å²) in [7, 11) is 1.69. The highest BCUT2D eigenvalue weighted by Gasteiger charge is 2.30. The SMILES string of the molecule is CC(C)(C)c1cc(Br)c(O)c(C(C)(C)C)c1.CCC(CC)(CC)c1cc(C)cc(Br)c1O.COc1cc(C)cc(Br)c1C.Cc1cc(C)c(-c2cccc(Br)c2O)c(C)c1.Cc1cc(C)c(O)c(Br)c1.Cc1cc(C)c(O)c(Br)c1. The van der Waals surface area contributed by atoms with Gasteiger partial charge in [-0.3, -0.25) is 0 Å². The second kappa shape index (κ2) is 31.8. The first kappa shape index (κ1) is 72.3. The lowest BCUT2D eigenvalue weighted by atomic mass is 9.73. The number of rotatable bonds is 6. The molecule has 7 rings (SSSR count). The molecule has 7 aromatic carbocycles. The van der Waals surface area contributed by atoms with E-state index in [4.69, 9.17) is 4.74 Å². The fourth-order valence-corrected chi connectivity index (χ4v) is 12.5. The maximum atomic E-state index is 10.2. The van der Waals surface area contributed by atoms with Crippen LogP contribution in [-0.2, 0) is 16.2 Å². The summed E-state index contributed by atoms with van der Waals surface area (Å²) < 4.78 is 10.1. The zero-order chi connectivity index (χ0) is 61.5. The summed E-state index contributed by atoms with van der Waals surface area (Å²) in [5.41, 5.74) is 16.8. The highest BCUT2D eigenvalue weighted by atomic mass is 79.9. The number of ether oxygens (including phenoxy) is 1. The van der Waals surface area contributed by atoms with E-state index in [9.17, 15) is 25.5 Å². The van der Waals surface area contributed by atoms with Crippen LogP contribution >= 0.6 is 95.6 Å². The maximum Gasteiger partial charge on any atom is 0.137 e. The summed E-state index contributed by atoms with van der Waals surface area (Å²) in [5.74, 6) is 2.70. The van der Waals surface area contributed by atoms with Crippen LogP contribution in [0, 0.1) is 69.2 Å². The van der Waals surface area contributed by atoms with Crippen LogP contribution in [0.3, 0.4) is 0 Å². The van der Waals surface area contributed by atoms with Gasteiger partial charge in [0.15, 0.2) is 0 Å². The summed E-state index contributed by atoms with van der Waals surface area (Å²) in [6.07, 6.45) is 3.18. The Morgan fingerprint density at radius 2 is 0.762 bits per heavy atom. The summed E-state index contributed by atoms with van der Waals surface area (Å²) >= 11 is 20.2. The van der Waals surface area contributed by atoms with Gasteiger partial charge in [0, 0.05) is 26.7 Å². The zero-order valence-corrected chi connectivity index (χ0v) is 60.2. The molecule has 0 aromatic heterocycles. The van der Waals surface area contributed by atoms with E-state index < -0.39 is 0 Å². The number of hydrogen-bond donors (Lipinski definition) is 5. The number of benzene rings is 7. The van der Waals surface area contributed by atoms with E-state index in [-0.39, 0.29) is 16.2 Å². The summed E-state index contributed by atoms with van der Waals surface area (Å²) in [6.45, 7) is 39.6. The monoisotopic (exact) mass is 1470 g/mol. The molecule has 6 nitrogen and oxygen atoms in total. The molecule has 0 unspecified atom stereocenters. The van der Waals surface area contributed by atoms with Gasteiger partial charge in [0.25, 0.3) is 0 Å². The highest BCUT2D eigenvalue weighted by molar-refractivity contribution is 9.11. The topological polar surface area (TPSA) is 110 Å². The maximum absolute atomic E-state index is 10.2. The predicted octanol–water partition coefficient (Wildman–Crippen LogP) is 23.0. The first-order valence-electron chi connectivity index (χ1n) is 26.7. The first-order valence-corrected chi connectivity index (χ1v) is 31.5. The third kappa shape index (κ3) is 20.5. The van der Waals surface area contributed by atoms with Crippen LogP contribution in [-0.4, -0.2) is 32.6 Å². The summed E-state index contributed by atoms with van der Waals surface area (Å²) in [5, 5.41) is 49.0. The molecule has 0 spiro atoms. The third-order valence-electron chi connectivity index (χ3n) is 13.9. The van der Waals surface area contributed by atoms with Gasteiger partial charge in [-0.2, -0.15) is 0 Å². The molecule has 5 N–H and O–H groups in total. The van der Waals surface area contributed by atoms with Crippen LogP contribution < -0.4 is 4.74 Å². The standard InChI is InChI=1S/C15H15BrO.2C14H21BrO.C9H11BrO.2C8H9BrO/c1-9-7-10(2)14(11(3)8-9)12-5-4-6-13(16)15(12)17;1-13(2,3)9-7-10(14(4,5)6)12(16)11(15)8-9;1-5-14(6-2,7-3)11-8-10(4)9-12(15)13(11)16;1-6-4-8(10)7(2)9(5-6)11-3;2*1-5-3-6(2)8(10)7(9)4-5/h4-8,17H,1-3H3;7-8,16H,1-6H3;8-9,16H,5-7H2,1-4H3;4-5H,1-3H3;2*3-4,10H,1-2H3. The van der Waals surface area contributed by atoms with Crippen LogP contribution in [0.25, 0.3) is 11.1 Å². The van der Waals surface area contributed by atoms with E-state index >= 15 is 0 Å². The Morgan fingerprint density at radius 1 is 0.388 bits per heavy atom. The number of phenols is 5. The Hall–Kier alpha value is -3.78. The second-order valence-corrected chi connectivity index (χ2v) is 27.8. The van der Waals surface area contributed by atoms with Gasteiger partial charge < -0.3 is 30.3 Å². The van der Waals surface area contributed by atoms with Gasteiger partial charge in [-0.1, -0.05) is 132 Å². The van der Waals surface area contributed by atoms with Crippen molar-refractivity contribution in [3.05, 3.63) is 190 Å². The molecule has 436 valence electrons. The Labute approximate surface area is 531 Å². The number of phenolic OH excluding ortho intramolecular Hbond substituents is 5. The molecule has 12 heteroatoms. The molecule has 7 aromatic rings. The van der Waals surface area contributed by atoms with E-state index in [2.05, 4.69) is 216 Å². The Kier molecular flexibility index (Phi) is 28.7. The normalized spacial score (nSPS) is 11.0. The van der Waals surface area contributed by atoms with Gasteiger partial charge in [0.05, 0.1) is 29.5 Å². The average Bonchev–Trinajstić information content (AvgIpc) is 3.35. The minimum Gasteiger partial charge on any atom is -0.506 e. The van der Waals surface area contributed by atoms with Crippen molar-refractivity contribution in [1.82, 2.24) is 0 Å². The molecule has 0 radical (unpaired) electrons. The van der Waals surface area contributed by atoms with Crippen LogP contribution in [0.15, 0.2) is 118 Å². The molecule has 80 heavy (non-hydrogen) atoms. The lowest BCUT2D eigenvalue weighted by Crippen LogP contribution is -2.23. The lowest BCUT2D eigenvalue weighted by Gasteiger charge is -2.32. The minimum absolute atomic E-state index is 0.0478. The molecule has 0 aliphatic heterocycles. The smallest absolute Gasteiger partial charge is 0.137 e. The van der Waals surface area contributed by atoms with Gasteiger partial charge >= 0.3 is 0 Å². The Bertz CT molecular complexity index is 3070. The second-order valence-electron chi connectivity index (χ2n) is 22.6. The van der Waals surface area contributed by atoms with Crippen molar-refractivity contribution < 1.29 is 30.3 Å². The van der Waals surface area contributed by atoms with Crippen molar-refractivity contribution in [2.24, 2.45) is 0 Å². The molecule has 0 bridgehead atoms. The van der Waals surface area contributed by atoms with E-state index in [0.29, 0.717) is 28.7 Å². The molecule has 0 fully saturated rings. The number of hydrogen-bond acceptors (Lipinski definition) is 6. The van der Waals surface area contributed by atoms with Gasteiger partial charge in [0.1, 0.15) is 34.5 Å².